The average Bonchev–Trinajstić information content (AvgIpc) is 2.37. The Balaban J connectivity index is 0. The molecule has 1 atom stereocenters. The molecule has 1 aromatic rings. The summed E-state index contributed by atoms with van der Waals surface area (Å²) < 4.78 is 0. The molecule has 0 aliphatic rings. The van der Waals surface area contributed by atoms with Crippen molar-refractivity contribution in [2.24, 2.45) is 11.5 Å². The highest BCUT2D eigenvalue weighted by molar-refractivity contribution is 5.27. The van der Waals surface area contributed by atoms with E-state index in [1.54, 1.807) is 12.1 Å². The van der Waals surface area contributed by atoms with Gasteiger partial charge in [0.25, 0.3) is 0 Å². The number of phenols is 1. The first-order valence-corrected chi connectivity index (χ1v) is 6.07. The maximum absolute atomic E-state index is 9.03. The summed E-state index contributed by atoms with van der Waals surface area (Å²) in [5, 5.41) is 9.03. The number of nitrogens with two attached hydrogens (primary N) is 2. The smallest absolute Gasteiger partial charge is 0.115 e. The Hall–Kier alpha value is -1.48. The minimum atomic E-state index is -0.218. The van der Waals surface area contributed by atoms with Crippen molar-refractivity contribution < 1.29 is 5.11 Å². The Kier molecular flexibility index (Phi) is 11.6. The molecule has 1 rings (SSSR count). The second-order valence-electron chi connectivity index (χ2n) is 3.05. The summed E-state index contributed by atoms with van der Waals surface area (Å²) >= 11 is 0. The van der Waals surface area contributed by atoms with Gasteiger partial charge < -0.3 is 16.6 Å². The first-order chi connectivity index (χ1) is 8.09. The van der Waals surface area contributed by atoms with Gasteiger partial charge in [0.05, 0.1) is 0 Å². The topological polar surface area (TPSA) is 72.3 Å². The first-order valence-electron chi connectivity index (χ1n) is 6.07. The lowest BCUT2D eigenvalue weighted by atomic mass is 10.1. The van der Waals surface area contributed by atoms with Crippen LogP contribution < -0.4 is 11.5 Å². The lowest BCUT2D eigenvalue weighted by molar-refractivity contribution is 0.475. The number of aromatic hydroxyl groups is 1. The van der Waals surface area contributed by atoms with Gasteiger partial charge in [-0.15, -0.1) is 0 Å². The second-order valence-corrected chi connectivity index (χ2v) is 3.05. The second kappa shape index (κ2) is 11.0. The monoisotopic (exact) mass is 238 g/mol. The summed E-state index contributed by atoms with van der Waals surface area (Å²) in [6.45, 7) is 11.6. The van der Waals surface area contributed by atoms with Crippen molar-refractivity contribution in [2.45, 2.75) is 40.2 Å². The van der Waals surface area contributed by atoms with Crippen LogP contribution in [0.1, 0.15) is 33.3 Å². The molecular weight excluding hydrogens is 212 g/mol. The number of phenolic OH excluding ortho intramolecular Hbond substituents is 1. The molecule has 0 spiro atoms. The van der Waals surface area contributed by atoms with Gasteiger partial charge in [-0.1, -0.05) is 46.4 Å². The number of rotatable bonds is 3. The van der Waals surface area contributed by atoms with Crippen LogP contribution in [0.3, 0.4) is 0 Å². The molecule has 0 radical (unpaired) electrons. The molecule has 3 nitrogen and oxygen atoms in total. The normalized spacial score (nSPS) is 10.2. The van der Waals surface area contributed by atoms with E-state index < -0.39 is 0 Å². The lowest BCUT2D eigenvalue weighted by Crippen LogP contribution is -2.28. The molecule has 0 aliphatic carbocycles. The molecule has 5 N–H and O–H groups in total. The number of hydrogen-bond acceptors (Lipinski definition) is 3. The third kappa shape index (κ3) is 8.34. The third-order valence-corrected chi connectivity index (χ3v) is 1.87. The molecule has 0 amide bonds. The first kappa shape index (κ1) is 17.9. The van der Waals surface area contributed by atoms with Crippen LogP contribution >= 0.6 is 0 Å². The predicted octanol–water partition coefficient (Wildman–Crippen LogP) is 2.79. The highest BCUT2D eigenvalue weighted by atomic mass is 16.3. The molecule has 0 heterocycles. The summed E-state index contributed by atoms with van der Waals surface area (Å²) in [5.74, 6) is 0.254. The maximum Gasteiger partial charge on any atom is 0.115 e. The van der Waals surface area contributed by atoms with Crippen molar-refractivity contribution in [2.75, 3.05) is 0 Å². The highest BCUT2D eigenvalue weighted by Crippen LogP contribution is 2.11. The van der Waals surface area contributed by atoms with Crippen LogP contribution in [0.15, 0.2) is 36.5 Å². The van der Waals surface area contributed by atoms with Gasteiger partial charge in [0.15, 0.2) is 0 Å². The van der Waals surface area contributed by atoms with Gasteiger partial charge in [-0.2, -0.15) is 0 Å². The predicted molar refractivity (Wildman–Crippen MR) is 75.8 cm³/mol. The quantitative estimate of drug-likeness (QED) is 0.758. The van der Waals surface area contributed by atoms with E-state index in [9.17, 15) is 0 Å². The molecule has 0 saturated carbocycles. The van der Waals surface area contributed by atoms with Crippen molar-refractivity contribution >= 4 is 0 Å². The van der Waals surface area contributed by atoms with E-state index in [2.05, 4.69) is 6.58 Å². The van der Waals surface area contributed by atoms with Crippen LogP contribution in [0.4, 0.5) is 0 Å². The van der Waals surface area contributed by atoms with Gasteiger partial charge in [-0.25, -0.2) is 0 Å². The minimum Gasteiger partial charge on any atom is -0.508 e. The molecule has 17 heavy (non-hydrogen) atoms. The fraction of sp³-hybridized carbons (Fsp3) is 0.429. The van der Waals surface area contributed by atoms with Gasteiger partial charge in [0, 0.05) is 11.7 Å². The maximum atomic E-state index is 9.03. The Morgan fingerprint density at radius 1 is 1.18 bits per heavy atom. The highest BCUT2D eigenvalue weighted by Gasteiger charge is 2.04. The molecule has 1 unspecified atom stereocenters. The van der Waals surface area contributed by atoms with Crippen LogP contribution in [-0.2, 0) is 6.42 Å². The Bertz CT molecular complexity index is 294. The average molecular weight is 238 g/mol. The summed E-state index contributed by atoms with van der Waals surface area (Å²) in [6.07, 6.45) is 0.648. The zero-order valence-corrected chi connectivity index (χ0v) is 11.4. The molecule has 3 heteroatoms. The van der Waals surface area contributed by atoms with Crippen molar-refractivity contribution in [3.8, 4) is 5.75 Å². The molecule has 0 fully saturated rings. The molecule has 0 bridgehead atoms. The van der Waals surface area contributed by atoms with Crippen LogP contribution in [0, 0.1) is 0 Å². The van der Waals surface area contributed by atoms with E-state index in [0.29, 0.717) is 12.1 Å². The van der Waals surface area contributed by atoms with Crippen molar-refractivity contribution in [3.05, 3.63) is 42.1 Å². The number of hydrogen-bond donors (Lipinski definition) is 3. The van der Waals surface area contributed by atoms with Gasteiger partial charge in [0.2, 0.25) is 0 Å². The van der Waals surface area contributed by atoms with Gasteiger partial charge >= 0.3 is 0 Å². The fourth-order valence-corrected chi connectivity index (χ4v) is 1.02. The Labute approximate surface area is 105 Å². The largest absolute Gasteiger partial charge is 0.508 e. The fourth-order valence-electron chi connectivity index (χ4n) is 1.02. The lowest BCUT2D eigenvalue weighted by Gasteiger charge is -2.10. The summed E-state index contributed by atoms with van der Waals surface area (Å²) in [5.41, 5.74) is 12.7. The third-order valence-electron chi connectivity index (χ3n) is 1.87. The molecule has 0 saturated heterocycles. The standard InChI is InChI=1S/C10H14N2O.2C2H6/c1-7(11)10(12)6-8-2-4-9(13)5-3-8;2*1-2/h2-5,10,13H,1,6,11-12H2;2*1-2H3. The van der Waals surface area contributed by atoms with Crippen LogP contribution in [0.5, 0.6) is 5.75 Å². The molecule has 0 aliphatic heterocycles. The van der Waals surface area contributed by atoms with Crippen molar-refractivity contribution in [1.82, 2.24) is 0 Å². The van der Waals surface area contributed by atoms with Crippen LogP contribution in [0.25, 0.3) is 0 Å². The van der Waals surface area contributed by atoms with Crippen molar-refractivity contribution in [3.63, 3.8) is 0 Å². The summed E-state index contributed by atoms with van der Waals surface area (Å²) in [6, 6.07) is 6.67. The molecule has 0 aromatic heterocycles. The number of benzene rings is 1. The van der Waals surface area contributed by atoms with E-state index >= 15 is 0 Å². The van der Waals surface area contributed by atoms with E-state index in [0.717, 1.165) is 5.56 Å². The Morgan fingerprint density at radius 2 is 1.59 bits per heavy atom. The molecule has 1 aromatic carbocycles. The van der Waals surface area contributed by atoms with E-state index in [-0.39, 0.29) is 11.8 Å². The molecule has 98 valence electrons. The Morgan fingerprint density at radius 3 is 1.94 bits per heavy atom. The van der Waals surface area contributed by atoms with Gasteiger partial charge in [0.1, 0.15) is 5.75 Å². The van der Waals surface area contributed by atoms with Gasteiger partial charge in [-0.05, 0) is 24.1 Å². The minimum absolute atomic E-state index is 0.218. The summed E-state index contributed by atoms with van der Waals surface area (Å²) in [4.78, 5) is 0. The van der Waals surface area contributed by atoms with E-state index in [1.165, 1.54) is 0 Å². The van der Waals surface area contributed by atoms with E-state index in [1.807, 2.05) is 39.8 Å². The van der Waals surface area contributed by atoms with Gasteiger partial charge in [-0.3, -0.25) is 0 Å². The van der Waals surface area contributed by atoms with Crippen LogP contribution in [0.2, 0.25) is 0 Å². The van der Waals surface area contributed by atoms with Crippen LogP contribution in [-0.4, -0.2) is 11.1 Å². The zero-order chi connectivity index (χ0) is 13.8. The van der Waals surface area contributed by atoms with E-state index in [4.69, 9.17) is 16.6 Å². The molecular formula is C14H26N2O. The van der Waals surface area contributed by atoms with Crippen molar-refractivity contribution in [1.29, 1.82) is 0 Å². The summed E-state index contributed by atoms with van der Waals surface area (Å²) in [7, 11) is 0. The SMILES string of the molecule is C=C(N)C(N)Cc1ccc(O)cc1.CC.CC. The zero-order valence-electron chi connectivity index (χ0n) is 11.4.